The first-order valence-electron chi connectivity index (χ1n) is 4.34. The smallest absolute Gasteiger partial charge is 0.119 e. The van der Waals surface area contributed by atoms with Gasteiger partial charge in [-0.15, -0.1) is 0 Å². The van der Waals surface area contributed by atoms with Crippen LogP contribution in [0.1, 0.15) is 0 Å². The molecule has 0 saturated carbocycles. The van der Waals surface area contributed by atoms with E-state index in [9.17, 15) is 10.2 Å². The summed E-state index contributed by atoms with van der Waals surface area (Å²) in [5.41, 5.74) is 1.78. The Bertz CT molecular complexity index is 415. The normalized spacial score (nSPS) is 10.0. The van der Waals surface area contributed by atoms with E-state index in [2.05, 4.69) is 0 Å². The van der Waals surface area contributed by atoms with E-state index < -0.39 is 0 Å². The van der Waals surface area contributed by atoms with Crippen LogP contribution in [-0.4, -0.2) is 10.2 Å². The quantitative estimate of drug-likeness (QED) is 0.718. The minimum atomic E-state index is 0.0730. The highest BCUT2D eigenvalue weighted by atomic mass is 16.3. The fraction of sp³-hybridized carbons (Fsp3) is 0. The molecular weight excluding hydrogens is 176 g/mol. The zero-order valence-electron chi connectivity index (χ0n) is 7.51. The first kappa shape index (κ1) is 8.63. The molecule has 0 aliphatic heterocycles. The molecule has 0 heterocycles. The van der Waals surface area contributed by atoms with Crippen LogP contribution >= 0.6 is 0 Å². The number of hydrogen-bond acceptors (Lipinski definition) is 2. The Hall–Kier alpha value is -1.96. The second-order valence-corrected chi connectivity index (χ2v) is 3.10. The lowest BCUT2D eigenvalue weighted by Crippen LogP contribution is -1.76. The number of rotatable bonds is 1. The maximum atomic E-state index is 9.30. The Kier molecular flexibility index (Phi) is 2.11. The molecule has 0 aromatic heterocycles. The number of phenols is 2. The van der Waals surface area contributed by atoms with Gasteiger partial charge in [-0.2, -0.15) is 0 Å². The molecule has 0 fully saturated rings. The Labute approximate surface area is 82.1 Å². The van der Waals surface area contributed by atoms with Gasteiger partial charge in [0.05, 0.1) is 0 Å². The molecule has 0 spiro atoms. The van der Waals surface area contributed by atoms with Crippen molar-refractivity contribution >= 4 is 0 Å². The van der Waals surface area contributed by atoms with Crippen LogP contribution in [0.25, 0.3) is 11.1 Å². The van der Waals surface area contributed by atoms with Crippen molar-refractivity contribution < 1.29 is 10.2 Å². The van der Waals surface area contributed by atoms with Crippen molar-refractivity contribution in [2.75, 3.05) is 0 Å². The first-order chi connectivity index (χ1) is 6.75. The molecular formula is C12H10O2. The third-order valence-electron chi connectivity index (χ3n) is 2.01. The SMILES string of the molecule is Oc1cc(O)cc(-c2ccccc2)c1. The fourth-order valence-corrected chi connectivity index (χ4v) is 1.39. The first-order valence-corrected chi connectivity index (χ1v) is 4.34. The highest BCUT2D eigenvalue weighted by Crippen LogP contribution is 2.27. The minimum Gasteiger partial charge on any atom is -0.508 e. The number of benzene rings is 2. The van der Waals surface area contributed by atoms with E-state index in [0.29, 0.717) is 0 Å². The number of hydrogen-bond donors (Lipinski definition) is 2. The van der Waals surface area contributed by atoms with Gasteiger partial charge in [0.2, 0.25) is 0 Å². The lowest BCUT2D eigenvalue weighted by atomic mass is 10.1. The average molecular weight is 186 g/mol. The molecule has 0 bridgehead atoms. The molecule has 2 rings (SSSR count). The van der Waals surface area contributed by atoms with Gasteiger partial charge in [0.1, 0.15) is 11.5 Å². The van der Waals surface area contributed by atoms with Gasteiger partial charge >= 0.3 is 0 Å². The third-order valence-corrected chi connectivity index (χ3v) is 2.01. The monoisotopic (exact) mass is 186 g/mol. The van der Waals surface area contributed by atoms with Gasteiger partial charge in [-0.1, -0.05) is 30.3 Å². The Morgan fingerprint density at radius 1 is 0.643 bits per heavy atom. The van der Waals surface area contributed by atoms with Gasteiger partial charge in [0.25, 0.3) is 0 Å². The summed E-state index contributed by atoms with van der Waals surface area (Å²) in [6, 6.07) is 14.2. The molecule has 2 nitrogen and oxygen atoms in total. The molecule has 2 heteroatoms. The summed E-state index contributed by atoms with van der Waals surface area (Å²) in [6.07, 6.45) is 0. The molecule has 0 saturated heterocycles. The Morgan fingerprint density at radius 2 is 1.21 bits per heavy atom. The van der Waals surface area contributed by atoms with Crippen LogP contribution in [0.2, 0.25) is 0 Å². The van der Waals surface area contributed by atoms with Gasteiger partial charge in [-0.3, -0.25) is 0 Å². The summed E-state index contributed by atoms with van der Waals surface area (Å²) >= 11 is 0. The summed E-state index contributed by atoms with van der Waals surface area (Å²) in [6.45, 7) is 0. The van der Waals surface area contributed by atoms with Crippen molar-refractivity contribution in [1.29, 1.82) is 0 Å². The molecule has 70 valence electrons. The molecule has 2 aromatic carbocycles. The van der Waals surface area contributed by atoms with Crippen LogP contribution in [-0.2, 0) is 0 Å². The standard InChI is InChI=1S/C12H10O2/c13-11-6-10(7-12(14)8-11)9-4-2-1-3-5-9/h1-8,13-14H. The topological polar surface area (TPSA) is 40.5 Å². The summed E-state index contributed by atoms with van der Waals surface area (Å²) in [7, 11) is 0. The van der Waals surface area contributed by atoms with Gasteiger partial charge < -0.3 is 10.2 Å². The van der Waals surface area contributed by atoms with Crippen LogP contribution in [0.3, 0.4) is 0 Å². The molecule has 0 radical (unpaired) electrons. The zero-order chi connectivity index (χ0) is 9.97. The molecule has 2 aromatic rings. The lowest BCUT2D eigenvalue weighted by molar-refractivity contribution is 0.451. The van der Waals surface area contributed by atoms with Crippen molar-refractivity contribution in [1.82, 2.24) is 0 Å². The van der Waals surface area contributed by atoms with Gasteiger partial charge in [0.15, 0.2) is 0 Å². The summed E-state index contributed by atoms with van der Waals surface area (Å²) in [4.78, 5) is 0. The second-order valence-electron chi connectivity index (χ2n) is 3.10. The van der Waals surface area contributed by atoms with Crippen LogP contribution in [0.4, 0.5) is 0 Å². The second kappa shape index (κ2) is 3.42. The van der Waals surface area contributed by atoms with Crippen LogP contribution in [0.5, 0.6) is 11.5 Å². The third kappa shape index (κ3) is 1.69. The number of aromatic hydroxyl groups is 2. The van der Waals surface area contributed by atoms with Crippen LogP contribution in [0, 0.1) is 0 Å². The van der Waals surface area contributed by atoms with E-state index >= 15 is 0 Å². The summed E-state index contributed by atoms with van der Waals surface area (Å²) in [5.74, 6) is 0.146. The van der Waals surface area contributed by atoms with E-state index in [1.54, 1.807) is 12.1 Å². The maximum Gasteiger partial charge on any atom is 0.119 e. The van der Waals surface area contributed by atoms with E-state index in [-0.39, 0.29) is 11.5 Å². The lowest BCUT2D eigenvalue weighted by Gasteiger charge is -2.02. The zero-order valence-corrected chi connectivity index (χ0v) is 7.51. The maximum absolute atomic E-state index is 9.30. The Morgan fingerprint density at radius 3 is 1.79 bits per heavy atom. The molecule has 0 unspecified atom stereocenters. The van der Waals surface area contributed by atoms with Gasteiger partial charge in [-0.25, -0.2) is 0 Å². The van der Waals surface area contributed by atoms with Crippen molar-refractivity contribution in [2.45, 2.75) is 0 Å². The molecule has 14 heavy (non-hydrogen) atoms. The van der Waals surface area contributed by atoms with Crippen molar-refractivity contribution in [2.24, 2.45) is 0 Å². The molecule has 2 N–H and O–H groups in total. The van der Waals surface area contributed by atoms with Gasteiger partial charge in [0, 0.05) is 6.07 Å². The predicted octanol–water partition coefficient (Wildman–Crippen LogP) is 2.76. The van der Waals surface area contributed by atoms with E-state index in [4.69, 9.17) is 0 Å². The van der Waals surface area contributed by atoms with Crippen LogP contribution < -0.4 is 0 Å². The fourth-order valence-electron chi connectivity index (χ4n) is 1.39. The molecule has 0 aliphatic rings. The molecule has 0 amide bonds. The van der Waals surface area contributed by atoms with Gasteiger partial charge in [-0.05, 0) is 23.3 Å². The largest absolute Gasteiger partial charge is 0.508 e. The van der Waals surface area contributed by atoms with E-state index in [0.717, 1.165) is 11.1 Å². The number of phenolic OH excluding ortho intramolecular Hbond substituents is 2. The summed E-state index contributed by atoms with van der Waals surface area (Å²) in [5, 5.41) is 18.6. The predicted molar refractivity (Wildman–Crippen MR) is 55.2 cm³/mol. The molecule has 0 atom stereocenters. The minimum absolute atomic E-state index is 0.0730. The highest BCUT2D eigenvalue weighted by Gasteiger charge is 2.00. The van der Waals surface area contributed by atoms with E-state index in [1.807, 2.05) is 30.3 Å². The average Bonchev–Trinajstić information content (AvgIpc) is 2.18. The Balaban J connectivity index is 2.52. The van der Waals surface area contributed by atoms with Crippen LogP contribution in [0.15, 0.2) is 48.5 Å². The highest BCUT2D eigenvalue weighted by molar-refractivity contribution is 5.66. The van der Waals surface area contributed by atoms with Crippen molar-refractivity contribution in [3.05, 3.63) is 48.5 Å². The van der Waals surface area contributed by atoms with Crippen molar-refractivity contribution in [3.8, 4) is 22.6 Å². The summed E-state index contributed by atoms with van der Waals surface area (Å²) < 4.78 is 0. The van der Waals surface area contributed by atoms with Crippen molar-refractivity contribution in [3.63, 3.8) is 0 Å². The molecule has 0 aliphatic carbocycles. The van der Waals surface area contributed by atoms with E-state index in [1.165, 1.54) is 6.07 Å².